The molecule has 0 atom stereocenters. The summed E-state index contributed by atoms with van der Waals surface area (Å²) < 4.78 is 15.5. The molecule has 2 heterocycles. The number of esters is 1. The number of ketones is 1. The van der Waals surface area contributed by atoms with Gasteiger partial charge in [-0.3, -0.25) is 19.8 Å². The number of anilines is 1. The molecule has 0 radical (unpaired) electrons. The minimum atomic E-state index is -0.722. The highest BCUT2D eigenvalue weighted by Crippen LogP contribution is 2.28. The number of hydrogen-bond donors (Lipinski definition) is 2. The van der Waals surface area contributed by atoms with E-state index in [1.165, 1.54) is 6.92 Å². The maximum absolute atomic E-state index is 12.5. The van der Waals surface area contributed by atoms with Crippen molar-refractivity contribution in [2.24, 2.45) is 0 Å². The van der Waals surface area contributed by atoms with Crippen LogP contribution in [0.5, 0.6) is 0 Å². The van der Waals surface area contributed by atoms with Crippen molar-refractivity contribution >= 4 is 29.6 Å². The monoisotopic (exact) mass is 410 g/mol. The van der Waals surface area contributed by atoms with Gasteiger partial charge in [-0.1, -0.05) is 0 Å². The van der Waals surface area contributed by atoms with Gasteiger partial charge in [-0.2, -0.15) is 0 Å². The number of carbonyl (C=O) groups is 4. The highest BCUT2D eigenvalue weighted by molar-refractivity contribution is 6.10. The molecule has 2 N–H and O–H groups in total. The Morgan fingerprint density at radius 1 is 1.07 bits per heavy atom. The Hall–Kier alpha value is -2.88. The molecule has 0 saturated carbocycles. The molecule has 0 bridgehead atoms. The zero-order valence-corrected chi connectivity index (χ0v) is 17.3. The fourth-order valence-electron chi connectivity index (χ4n) is 3.25. The van der Waals surface area contributed by atoms with Gasteiger partial charge in [0.15, 0.2) is 12.3 Å². The lowest BCUT2D eigenvalue weighted by Crippen LogP contribution is -3.15. The Labute approximate surface area is 169 Å². The Morgan fingerprint density at radius 3 is 2.24 bits per heavy atom. The summed E-state index contributed by atoms with van der Waals surface area (Å²) >= 11 is 0. The highest BCUT2D eigenvalue weighted by Gasteiger charge is 2.30. The number of nitrogens with one attached hydrogen (secondary N) is 2. The van der Waals surface area contributed by atoms with Crippen LogP contribution in [0.2, 0.25) is 0 Å². The molecule has 29 heavy (non-hydrogen) atoms. The number of furan rings is 1. The van der Waals surface area contributed by atoms with Gasteiger partial charge >= 0.3 is 12.1 Å². The second kappa shape index (κ2) is 10.1. The number of Topliss-reactive ketones (excluding diaryl/α,β-unsaturated/α-hetero) is 1. The number of ether oxygens (including phenoxy) is 2. The highest BCUT2D eigenvalue weighted by atomic mass is 16.6. The zero-order valence-electron chi connectivity index (χ0n) is 17.3. The van der Waals surface area contributed by atoms with Gasteiger partial charge in [-0.25, -0.2) is 9.59 Å². The lowest BCUT2D eigenvalue weighted by atomic mass is 10.1. The van der Waals surface area contributed by atoms with Crippen molar-refractivity contribution in [2.75, 3.05) is 51.3 Å². The zero-order chi connectivity index (χ0) is 21.6. The van der Waals surface area contributed by atoms with Gasteiger partial charge in [-0.05, 0) is 27.7 Å². The van der Waals surface area contributed by atoms with Crippen LogP contribution in [0.1, 0.15) is 47.2 Å². The second-order valence-corrected chi connectivity index (χ2v) is 6.67. The molecule has 0 spiro atoms. The number of hydrogen-bond acceptors (Lipinski definition) is 7. The summed E-state index contributed by atoms with van der Waals surface area (Å²) in [4.78, 5) is 51.0. The molecule has 0 aliphatic carbocycles. The number of piperazine rings is 1. The molecule has 1 aromatic rings. The topological polar surface area (TPSA) is 120 Å². The predicted molar refractivity (Wildman–Crippen MR) is 102 cm³/mol. The van der Waals surface area contributed by atoms with Gasteiger partial charge in [0.2, 0.25) is 5.88 Å². The van der Waals surface area contributed by atoms with Crippen molar-refractivity contribution in [2.45, 2.75) is 27.7 Å². The summed E-state index contributed by atoms with van der Waals surface area (Å²) in [5.41, 5.74) is 0.0430. The smallest absolute Gasteiger partial charge is 0.410 e. The molecule has 0 aromatic carbocycles. The molecule has 1 aliphatic rings. The third-order valence-electron chi connectivity index (χ3n) is 4.58. The molecule has 1 aliphatic heterocycles. The van der Waals surface area contributed by atoms with E-state index in [1.807, 2.05) is 0 Å². The van der Waals surface area contributed by atoms with E-state index in [1.54, 1.807) is 25.7 Å². The average molecular weight is 410 g/mol. The molecular weight excluding hydrogens is 382 g/mol. The minimum Gasteiger partial charge on any atom is -0.462 e. The van der Waals surface area contributed by atoms with Crippen molar-refractivity contribution < 1.29 is 38.0 Å². The van der Waals surface area contributed by atoms with Gasteiger partial charge in [0.05, 0.1) is 45.0 Å². The first-order valence-corrected chi connectivity index (χ1v) is 9.64. The van der Waals surface area contributed by atoms with E-state index in [0.29, 0.717) is 32.8 Å². The van der Waals surface area contributed by atoms with Crippen LogP contribution in [-0.4, -0.2) is 74.6 Å². The standard InChI is InChI=1S/C19H27N3O7/c1-5-27-18(25)16-15(12(3)23)13(4)29-17(16)20-14(24)11-21-7-9-22(10-8-21)19(26)28-6-2/h5-11H2,1-4H3,(H,20,24)/p+1. The Balaban J connectivity index is 2.02. The molecule has 160 valence electrons. The van der Waals surface area contributed by atoms with Crippen molar-refractivity contribution in [3.05, 3.63) is 16.9 Å². The third kappa shape index (κ3) is 5.57. The van der Waals surface area contributed by atoms with Crippen LogP contribution in [0.15, 0.2) is 4.42 Å². The number of carbonyl (C=O) groups excluding carboxylic acids is 4. The van der Waals surface area contributed by atoms with E-state index in [9.17, 15) is 19.2 Å². The van der Waals surface area contributed by atoms with Gasteiger partial charge in [0.1, 0.15) is 11.3 Å². The molecular formula is C19H28N3O7+. The SMILES string of the molecule is CCOC(=O)c1c(NC(=O)C[NH+]2CCN(C(=O)OCC)CC2)oc(C)c1C(C)=O. The van der Waals surface area contributed by atoms with E-state index in [-0.39, 0.29) is 53.7 Å². The van der Waals surface area contributed by atoms with E-state index in [2.05, 4.69) is 5.32 Å². The molecule has 2 rings (SSSR count). The van der Waals surface area contributed by atoms with Crippen molar-refractivity contribution in [1.29, 1.82) is 0 Å². The van der Waals surface area contributed by atoms with Crippen LogP contribution in [0.3, 0.4) is 0 Å². The number of rotatable bonds is 7. The van der Waals surface area contributed by atoms with Crippen LogP contribution in [0.25, 0.3) is 0 Å². The average Bonchev–Trinajstić information content (AvgIpc) is 2.98. The first kappa shape index (κ1) is 22.4. The predicted octanol–water partition coefficient (Wildman–Crippen LogP) is 0.263. The summed E-state index contributed by atoms with van der Waals surface area (Å²) in [5.74, 6) is -1.28. The first-order valence-electron chi connectivity index (χ1n) is 9.64. The third-order valence-corrected chi connectivity index (χ3v) is 4.58. The van der Waals surface area contributed by atoms with Crippen LogP contribution >= 0.6 is 0 Å². The van der Waals surface area contributed by atoms with E-state index >= 15 is 0 Å². The summed E-state index contributed by atoms with van der Waals surface area (Å²) in [5, 5.41) is 2.58. The van der Waals surface area contributed by atoms with E-state index in [0.717, 1.165) is 4.90 Å². The van der Waals surface area contributed by atoms with Crippen molar-refractivity contribution in [3.63, 3.8) is 0 Å². The van der Waals surface area contributed by atoms with Crippen LogP contribution in [0.4, 0.5) is 10.7 Å². The number of aryl methyl sites for hydroxylation is 1. The number of amides is 2. The number of quaternary nitrogens is 1. The summed E-state index contributed by atoms with van der Waals surface area (Å²) in [6.07, 6.45) is -0.349. The summed E-state index contributed by atoms with van der Waals surface area (Å²) in [6, 6.07) is 0. The van der Waals surface area contributed by atoms with E-state index < -0.39 is 5.97 Å². The molecule has 10 nitrogen and oxygen atoms in total. The number of nitrogens with zero attached hydrogens (tertiary/aromatic N) is 1. The van der Waals surface area contributed by atoms with Gasteiger partial charge < -0.3 is 18.8 Å². The lowest BCUT2D eigenvalue weighted by molar-refractivity contribution is -0.895. The molecule has 1 aromatic heterocycles. The normalized spacial score (nSPS) is 14.4. The molecule has 1 saturated heterocycles. The Bertz CT molecular complexity index is 779. The van der Waals surface area contributed by atoms with E-state index in [4.69, 9.17) is 13.9 Å². The quantitative estimate of drug-likeness (QED) is 0.489. The molecule has 2 amide bonds. The Kier molecular flexibility index (Phi) is 7.77. The largest absolute Gasteiger partial charge is 0.462 e. The van der Waals surface area contributed by atoms with Crippen LogP contribution in [0, 0.1) is 6.92 Å². The van der Waals surface area contributed by atoms with Crippen LogP contribution < -0.4 is 10.2 Å². The fourth-order valence-corrected chi connectivity index (χ4v) is 3.25. The van der Waals surface area contributed by atoms with Gasteiger partial charge in [-0.15, -0.1) is 0 Å². The lowest BCUT2D eigenvalue weighted by Gasteiger charge is -2.31. The fraction of sp³-hybridized carbons (Fsp3) is 0.579. The van der Waals surface area contributed by atoms with Gasteiger partial charge in [0, 0.05) is 0 Å². The molecule has 1 fully saturated rings. The molecule has 0 unspecified atom stereocenters. The first-order chi connectivity index (χ1) is 13.8. The molecule has 10 heteroatoms. The summed E-state index contributed by atoms with van der Waals surface area (Å²) in [7, 11) is 0. The maximum Gasteiger partial charge on any atom is 0.410 e. The minimum absolute atomic E-state index is 0.0627. The van der Waals surface area contributed by atoms with Gasteiger partial charge in [0.25, 0.3) is 5.91 Å². The Morgan fingerprint density at radius 2 is 1.69 bits per heavy atom. The van der Waals surface area contributed by atoms with Crippen LogP contribution in [-0.2, 0) is 14.3 Å². The maximum atomic E-state index is 12.5. The van der Waals surface area contributed by atoms with Crippen molar-refractivity contribution in [1.82, 2.24) is 4.90 Å². The summed E-state index contributed by atoms with van der Waals surface area (Å²) in [6.45, 7) is 9.01. The van der Waals surface area contributed by atoms with Crippen molar-refractivity contribution in [3.8, 4) is 0 Å². The second-order valence-electron chi connectivity index (χ2n) is 6.67.